The van der Waals surface area contributed by atoms with Gasteiger partial charge in [-0.2, -0.15) is 0 Å². The van der Waals surface area contributed by atoms with Crippen molar-refractivity contribution in [3.8, 4) is 0 Å². The maximum absolute atomic E-state index is 11.5. The minimum Gasteiger partial charge on any atom is -0.444 e. The number of carbonyl (C=O) groups excluding carboxylic acids is 2. The van der Waals surface area contributed by atoms with Crippen LogP contribution in [0.3, 0.4) is 0 Å². The minimum atomic E-state index is -0.501. The average Bonchev–Trinajstić information content (AvgIpc) is 2.32. The molecular weight excluding hydrogens is 242 g/mol. The molecule has 1 rings (SSSR count). The van der Waals surface area contributed by atoms with E-state index in [-0.39, 0.29) is 0 Å². The Bertz CT molecular complexity index is 473. The highest BCUT2D eigenvalue weighted by Crippen LogP contribution is 2.09. The van der Waals surface area contributed by atoms with Gasteiger partial charge in [-0.15, -0.1) is 0 Å². The molecule has 4 heteroatoms. The van der Waals surface area contributed by atoms with E-state index >= 15 is 0 Å². The van der Waals surface area contributed by atoms with Crippen LogP contribution in [0.15, 0.2) is 30.3 Å². The molecule has 102 valence electrons. The van der Waals surface area contributed by atoms with E-state index in [9.17, 15) is 9.59 Å². The minimum absolute atomic E-state index is 0.387. The highest BCUT2D eigenvalue weighted by molar-refractivity contribution is 5.74. The smallest absolute Gasteiger partial charge is 0.407 e. The maximum Gasteiger partial charge on any atom is 0.407 e. The summed E-state index contributed by atoms with van der Waals surface area (Å²) in [5.74, 6) is 0. The lowest BCUT2D eigenvalue weighted by molar-refractivity contribution is -0.104. The fourth-order valence-corrected chi connectivity index (χ4v) is 1.45. The molecule has 19 heavy (non-hydrogen) atoms. The largest absolute Gasteiger partial charge is 0.444 e. The predicted molar refractivity (Wildman–Crippen MR) is 74.6 cm³/mol. The van der Waals surface area contributed by atoms with Crippen molar-refractivity contribution in [3.05, 3.63) is 41.5 Å². The van der Waals surface area contributed by atoms with Crippen molar-refractivity contribution in [1.29, 1.82) is 0 Å². The lowest BCUT2D eigenvalue weighted by atomic mass is 10.1. The quantitative estimate of drug-likeness (QED) is 0.669. The predicted octanol–water partition coefficient (Wildman–Crippen LogP) is 2.92. The van der Waals surface area contributed by atoms with Gasteiger partial charge in [0.05, 0.1) is 0 Å². The standard InChI is InChI=1S/C15H19NO3/c1-15(2,3)19-14(18)16-11-13-7-4-6-12(10-13)8-5-9-17/h4-10H,11H2,1-3H3,(H,16,18). The molecule has 0 saturated heterocycles. The van der Waals surface area contributed by atoms with E-state index in [1.807, 2.05) is 45.0 Å². The zero-order chi connectivity index (χ0) is 14.3. The molecular formula is C15H19NO3. The number of nitrogens with one attached hydrogen (secondary N) is 1. The number of hydrogen-bond donors (Lipinski definition) is 1. The molecule has 0 aliphatic heterocycles. The van der Waals surface area contributed by atoms with E-state index in [4.69, 9.17) is 4.74 Å². The molecule has 0 radical (unpaired) electrons. The zero-order valence-corrected chi connectivity index (χ0v) is 11.5. The first kappa shape index (κ1) is 15.0. The number of rotatable bonds is 4. The number of benzene rings is 1. The second kappa shape index (κ2) is 6.73. The van der Waals surface area contributed by atoms with Gasteiger partial charge in [0.25, 0.3) is 0 Å². The third-order valence-electron chi connectivity index (χ3n) is 2.15. The molecule has 0 bridgehead atoms. The summed E-state index contributed by atoms with van der Waals surface area (Å²) in [5, 5.41) is 2.68. The van der Waals surface area contributed by atoms with E-state index in [2.05, 4.69) is 5.32 Å². The number of hydrogen-bond acceptors (Lipinski definition) is 3. The van der Waals surface area contributed by atoms with Crippen molar-refractivity contribution in [2.75, 3.05) is 0 Å². The van der Waals surface area contributed by atoms with Crippen LogP contribution in [0.1, 0.15) is 31.9 Å². The molecule has 0 aliphatic carbocycles. The van der Waals surface area contributed by atoms with Gasteiger partial charge in [0.1, 0.15) is 11.9 Å². The van der Waals surface area contributed by atoms with Crippen LogP contribution in [-0.4, -0.2) is 18.0 Å². The molecule has 0 fully saturated rings. The molecule has 0 aliphatic rings. The third-order valence-corrected chi connectivity index (χ3v) is 2.15. The van der Waals surface area contributed by atoms with Crippen LogP contribution in [0.25, 0.3) is 6.08 Å². The number of carbonyl (C=O) groups is 2. The molecule has 0 heterocycles. The summed E-state index contributed by atoms with van der Waals surface area (Å²) in [5.41, 5.74) is 1.35. The van der Waals surface area contributed by atoms with Crippen molar-refractivity contribution in [2.45, 2.75) is 32.9 Å². The van der Waals surface area contributed by atoms with E-state index in [1.54, 1.807) is 6.08 Å². The van der Waals surface area contributed by atoms with Crippen molar-refractivity contribution in [2.24, 2.45) is 0 Å². The topological polar surface area (TPSA) is 55.4 Å². The average molecular weight is 261 g/mol. The molecule has 1 aromatic carbocycles. The first-order chi connectivity index (χ1) is 8.90. The van der Waals surface area contributed by atoms with Crippen LogP contribution >= 0.6 is 0 Å². The SMILES string of the molecule is CC(C)(C)OC(=O)NCc1cccc(C=CC=O)c1. The van der Waals surface area contributed by atoms with Crippen LogP contribution in [0.4, 0.5) is 4.79 Å². The summed E-state index contributed by atoms with van der Waals surface area (Å²) in [4.78, 5) is 21.7. The lowest BCUT2D eigenvalue weighted by Gasteiger charge is -2.19. The summed E-state index contributed by atoms with van der Waals surface area (Å²) in [6.45, 7) is 5.84. The molecule has 1 N–H and O–H groups in total. The van der Waals surface area contributed by atoms with Gasteiger partial charge >= 0.3 is 6.09 Å². The first-order valence-electron chi connectivity index (χ1n) is 6.08. The second-order valence-electron chi connectivity index (χ2n) is 5.10. The van der Waals surface area contributed by atoms with E-state index in [0.29, 0.717) is 6.54 Å². The molecule has 1 aromatic rings. The number of alkyl carbamates (subject to hydrolysis) is 1. The van der Waals surface area contributed by atoms with Crippen LogP contribution in [0, 0.1) is 0 Å². The number of aldehydes is 1. The molecule has 0 spiro atoms. The van der Waals surface area contributed by atoms with Crippen molar-refractivity contribution in [1.82, 2.24) is 5.32 Å². The lowest BCUT2D eigenvalue weighted by Crippen LogP contribution is -2.32. The van der Waals surface area contributed by atoms with Crippen LogP contribution in [0.2, 0.25) is 0 Å². The normalized spacial score (nSPS) is 11.3. The molecule has 1 amide bonds. The van der Waals surface area contributed by atoms with E-state index < -0.39 is 11.7 Å². The van der Waals surface area contributed by atoms with Crippen LogP contribution < -0.4 is 5.32 Å². The van der Waals surface area contributed by atoms with Gasteiger partial charge in [-0.1, -0.05) is 24.3 Å². The maximum atomic E-state index is 11.5. The Morgan fingerprint density at radius 2 is 2.11 bits per heavy atom. The van der Waals surface area contributed by atoms with Crippen LogP contribution in [-0.2, 0) is 16.1 Å². The Hall–Kier alpha value is -2.10. The molecule has 0 saturated carbocycles. The fraction of sp³-hybridized carbons (Fsp3) is 0.333. The van der Waals surface area contributed by atoms with Gasteiger partial charge in [0.2, 0.25) is 0 Å². The highest BCUT2D eigenvalue weighted by atomic mass is 16.6. The first-order valence-corrected chi connectivity index (χ1v) is 6.08. The molecule has 0 unspecified atom stereocenters. The summed E-state index contributed by atoms with van der Waals surface area (Å²) in [6.07, 6.45) is 3.43. The number of amides is 1. The highest BCUT2D eigenvalue weighted by Gasteiger charge is 2.15. The monoisotopic (exact) mass is 261 g/mol. The zero-order valence-electron chi connectivity index (χ0n) is 11.5. The summed E-state index contributed by atoms with van der Waals surface area (Å²) < 4.78 is 5.14. The van der Waals surface area contributed by atoms with Gasteiger partial charge < -0.3 is 10.1 Å². The summed E-state index contributed by atoms with van der Waals surface area (Å²) in [6, 6.07) is 7.56. The van der Waals surface area contributed by atoms with Crippen molar-refractivity contribution in [3.63, 3.8) is 0 Å². The van der Waals surface area contributed by atoms with Crippen molar-refractivity contribution < 1.29 is 14.3 Å². The van der Waals surface area contributed by atoms with Gasteiger partial charge in [0.15, 0.2) is 0 Å². The number of allylic oxidation sites excluding steroid dienone is 1. The number of ether oxygens (including phenoxy) is 1. The van der Waals surface area contributed by atoms with Crippen LogP contribution in [0.5, 0.6) is 0 Å². The van der Waals surface area contributed by atoms with Gasteiger partial charge in [-0.3, -0.25) is 4.79 Å². The van der Waals surface area contributed by atoms with E-state index in [0.717, 1.165) is 17.4 Å². The molecule has 0 atom stereocenters. The summed E-state index contributed by atoms with van der Waals surface area (Å²) >= 11 is 0. The Labute approximate surface area is 113 Å². The third kappa shape index (κ3) is 6.41. The molecule has 0 aromatic heterocycles. The Morgan fingerprint density at radius 1 is 1.37 bits per heavy atom. The Morgan fingerprint density at radius 3 is 2.74 bits per heavy atom. The van der Waals surface area contributed by atoms with Gasteiger partial charge in [0, 0.05) is 6.54 Å². The molecule has 4 nitrogen and oxygen atoms in total. The fourth-order valence-electron chi connectivity index (χ4n) is 1.45. The van der Waals surface area contributed by atoms with E-state index in [1.165, 1.54) is 6.08 Å². The van der Waals surface area contributed by atoms with Crippen molar-refractivity contribution >= 4 is 18.5 Å². The Balaban J connectivity index is 2.56. The van der Waals surface area contributed by atoms with Gasteiger partial charge in [-0.25, -0.2) is 4.79 Å². The van der Waals surface area contributed by atoms with Gasteiger partial charge in [-0.05, 0) is 44.0 Å². The summed E-state index contributed by atoms with van der Waals surface area (Å²) in [7, 11) is 0. The Kier molecular flexibility index (Phi) is 5.30. The second-order valence-corrected chi connectivity index (χ2v) is 5.10.